The summed E-state index contributed by atoms with van der Waals surface area (Å²) < 4.78 is 4.73. The number of aryl methyl sites for hydroxylation is 2. The van der Waals surface area contributed by atoms with E-state index in [0.29, 0.717) is 5.56 Å². The molecule has 3 rings (SSSR count). The van der Waals surface area contributed by atoms with Gasteiger partial charge in [-0.25, -0.2) is 0 Å². The highest BCUT2D eigenvalue weighted by atomic mass is 16.5. The van der Waals surface area contributed by atoms with Gasteiger partial charge in [0.15, 0.2) is 5.78 Å². The van der Waals surface area contributed by atoms with Gasteiger partial charge in [0.2, 0.25) is 5.91 Å². The lowest BCUT2D eigenvalue weighted by atomic mass is 10.0. The van der Waals surface area contributed by atoms with E-state index in [1.807, 2.05) is 48.5 Å². The maximum atomic E-state index is 12.5. The van der Waals surface area contributed by atoms with Crippen molar-refractivity contribution in [2.75, 3.05) is 7.11 Å². The van der Waals surface area contributed by atoms with Crippen molar-refractivity contribution in [1.82, 2.24) is 5.32 Å². The number of hydrogen-bond acceptors (Lipinski definition) is 4. The van der Waals surface area contributed by atoms with Crippen LogP contribution in [-0.2, 0) is 27.2 Å². The predicted octanol–water partition coefficient (Wildman–Crippen LogP) is 3.56. The van der Waals surface area contributed by atoms with Gasteiger partial charge in [-0.15, -0.1) is 0 Å². The number of carbonyl (C=O) groups excluding carboxylic acids is 3. The summed E-state index contributed by atoms with van der Waals surface area (Å²) >= 11 is 0. The number of nitrogens with one attached hydrogen (secondary N) is 1. The molecule has 5 nitrogen and oxygen atoms in total. The number of Topliss-reactive ketones (excluding diaryl/α,β-unsaturated/α-hetero) is 1. The smallest absolute Gasteiger partial charge is 0.307 e. The molecule has 28 heavy (non-hydrogen) atoms. The number of fused-ring (bicyclic) bond motifs is 1. The second-order valence-corrected chi connectivity index (χ2v) is 7.07. The molecular weight excluding hydrogens is 354 g/mol. The van der Waals surface area contributed by atoms with Crippen LogP contribution in [0.1, 0.15) is 58.8 Å². The van der Waals surface area contributed by atoms with Crippen molar-refractivity contribution < 1.29 is 19.1 Å². The molecule has 0 aliphatic heterocycles. The molecule has 1 aliphatic rings. The van der Waals surface area contributed by atoms with Crippen LogP contribution in [0.3, 0.4) is 0 Å². The van der Waals surface area contributed by atoms with Crippen LogP contribution in [0.5, 0.6) is 0 Å². The van der Waals surface area contributed by atoms with Crippen molar-refractivity contribution in [2.45, 2.75) is 44.6 Å². The first-order valence-corrected chi connectivity index (χ1v) is 9.63. The van der Waals surface area contributed by atoms with Gasteiger partial charge < -0.3 is 10.1 Å². The molecule has 5 heteroatoms. The first kappa shape index (κ1) is 19.8. The van der Waals surface area contributed by atoms with Crippen LogP contribution in [0.4, 0.5) is 0 Å². The van der Waals surface area contributed by atoms with Crippen LogP contribution in [0.25, 0.3) is 0 Å². The molecule has 1 unspecified atom stereocenters. The molecule has 1 aliphatic carbocycles. The van der Waals surface area contributed by atoms with Crippen molar-refractivity contribution >= 4 is 17.7 Å². The Hall–Kier alpha value is -2.95. The first-order valence-electron chi connectivity index (χ1n) is 9.63. The SMILES string of the molecule is COC(=O)CC(NC(=O)CCC(=O)c1ccc2c(c1)CCC2)c1ccccc1. The molecule has 0 saturated carbocycles. The fourth-order valence-corrected chi connectivity index (χ4v) is 3.57. The number of amides is 1. The van der Waals surface area contributed by atoms with Gasteiger partial charge in [0, 0.05) is 18.4 Å². The van der Waals surface area contributed by atoms with Crippen LogP contribution in [0.15, 0.2) is 48.5 Å². The molecule has 146 valence electrons. The van der Waals surface area contributed by atoms with E-state index in [9.17, 15) is 14.4 Å². The zero-order chi connectivity index (χ0) is 19.9. The lowest BCUT2D eigenvalue weighted by molar-refractivity contribution is -0.141. The summed E-state index contributed by atoms with van der Waals surface area (Å²) in [5.74, 6) is -0.690. The molecule has 0 saturated heterocycles. The molecule has 0 spiro atoms. The lowest BCUT2D eigenvalue weighted by Crippen LogP contribution is -2.30. The third-order valence-corrected chi connectivity index (χ3v) is 5.14. The predicted molar refractivity (Wildman–Crippen MR) is 106 cm³/mol. The summed E-state index contributed by atoms with van der Waals surface area (Å²) in [6.07, 6.45) is 3.50. The van der Waals surface area contributed by atoms with E-state index in [1.165, 1.54) is 18.2 Å². The quantitative estimate of drug-likeness (QED) is 0.562. The second kappa shape index (κ2) is 9.31. The highest BCUT2D eigenvalue weighted by molar-refractivity contribution is 5.98. The summed E-state index contributed by atoms with van der Waals surface area (Å²) in [6, 6.07) is 14.6. The fourth-order valence-electron chi connectivity index (χ4n) is 3.57. The molecule has 2 aromatic carbocycles. The molecule has 0 fully saturated rings. The van der Waals surface area contributed by atoms with E-state index in [4.69, 9.17) is 4.74 Å². The minimum absolute atomic E-state index is 0.0333. The van der Waals surface area contributed by atoms with E-state index >= 15 is 0 Å². The van der Waals surface area contributed by atoms with E-state index in [1.54, 1.807) is 0 Å². The number of ether oxygens (including phenoxy) is 1. The number of esters is 1. The monoisotopic (exact) mass is 379 g/mol. The molecule has 1 atom stereocenters. The average molecular weight is 379 g/mol. The third kappa shape index (κ3) is 5.06. The zero-order valence-electron chi connectivity index (χ0n) is 16.1. The standard InChI is InChI=1S/C23H25NO4/c1-28-23(27)15-20(17-6-3-2-4-7-17)24-22(26)13-12-21(25)19-11-10-16-8-5-9-18(16)14-19/h2-4,6-7,10-11,14,20H,5,8-9,12-13,15H2,1H3,(H,24,26). The Morgan fingerprint density at radius 2 is 1.75 bits per heavy atom. The summed E-state index contributed by atoms with van der Waals surface area (Å²) in [5, 5.41) is 2.86. The normalized spacial score (nSPS) is 13.5. The van der Waals surface area contributed by atoms with Crippen molar-refractivity contribution in [3.8, 4) is 0 Å². The topological polar surface area (TPSA) is 72.5 Å². The summed E-state index contributed by atoms with van der Waals surface area (Å²) in [7, 11) is 1.32. The first-order chi connectivity index (χ1) is 13.6. The zero-order valence-corrected chi connectivity index (χ0v) is 16.1. The van der Waals surface area contributed by atoms with Crippen molar-refractivity contribution in [2.24, 2.45) is 0 Å². The van der Waals surface area contributed by atoms with E-state index < -0.39 is 12.0 Å². The molecule has 0 aromatic heterocycles. The minimum Gasteiger partial charge on any atom is -0.469 e. The van der Waals surface area contributed by atoms with Gasteiger partial charge in [0.05, 0.1) is 19.6 Å². The van der Waals surface area contributed by atoms with E-state index in [2.05, 4.69) is 5.32 Å². The Balaban J connectivity index is 1.58. The highest BCUT2D eigenvalue weighted by Crippen LogP contribution is 2.23. The number of methoxy groups -OCH3 is 1. The largest absolute Gasteiger partial charge is 0.469 e. The average Bonchev–Trinajstić information content (AvgIpc) is 3.20. The minimum atomic E-state index is -0.476. The summed E-state index contributed by atoms with van der Waals surface area (Å²) in [6.45, 7) is 0. The van der Waals surface area contributed by atoms with Gasteiger partial charge in [0.25, 0.3) is 0 Å². The Morgan fingerprint density at radius 1 is 1.00 bits per heavy atom. The Kier molecular flexibility index (Phi) is 6.58. The van der Waals surface area contributed by atoms with Gasteiger partial charge in [0.1, 0.15) is 0 Å². The maximum Gasteiger partial charge on any atom is 0.307 e. The van der Waals surface area contributed by atoms with Gasteiger partial charge >= 0.3 is 5.97 Å². The summed E-state index contributed by atoms with van der Waals surface area (Å²) in [5.41, 5.74) is 4.06. The van der Waals surface area contributed by atoms with Gasteiger partial charge in [-0.05, 0) is 42.0 Å². The van der Waals surface area contributed by atoms with Crippen LogP contribution >= 0.6 is 0 Å². The number of benzene rings is 2. The van der Waals surface area contributed by atoms with Crippen molar-refractivity contribution in [3.05, 3.63) is 70.8 Å². The molecule has 0 radical (unpaired) electrons. The molecule has 1 amide bonds. The lowest BCUT2D eigenvalue weighted by Gasteiger charge is -2.18. The third-order valence-electron chi connectivity index (χ3n) is 5.14. The number of ketones is 1. The van der Waals surface area contributed by atoms with Crippen LogP contribution in [0.2, 0.25) is 0 Å². The molecule has 2 aromatic rings. The van der Waals surface area contributed by atoms with Crippen LogP contribution in [0, 0.1) is 0 Å². The van der Waals surface area contributed by atoms with E-state index in [-0.39, 0.29) is 31.0 Å². The number of rotatable bonds is 8. The van der Waals surface area contributed by atoms with Crippen LogP contribution < -0.4 is 5.32 Å². The van der Waals surface area contributed by atoms with Gasteiger partial charge in [-0.2, -0.15) is 0 Å². The Bertz CT molecular complexity index is 860. The highest BCUT2D eigenvalue weighted by Gasteiger charge is 2.20. The Morgan fingerprint density at radius 3 is 2.50 bits per heavy atom. The molecule has 1 N–H and O–H groups in total. The molecule has 0 bridgehead atoms. The maximum absolute atomic E-state index is 12.5. The van der Waals surface area contributed by atoms with E-state index in [0.717, 1.165) is 24.8 Å². The second-order valence-electron chi connectivity index (χ2n) is 7.07. The fraction of sp³-hybridized carbons (Fsp3) is 0.348. The Labute approximate surface area is 165 Å². The van der Waals surface area contributed by atoms with Gasteiger partial charge in [-0.3, -0.25) is 14.4 Å². The van der Waals surface area contributed by atoms with Crippen molar-refractivity contribution in [1.29, 1.82) is 0 Å². The number of carbonyl (C=O) groups is 3. The number of hydrogen-bond donors (Lipinski definition) is 1. The van der Waals surface area contributed by atoms with Crippen LogP contribution in [-0.4, -0.2) is 24.8 Å². The molecule has 0 heterocycles. The molecular formula is C23H25NO4. The van der Waals surface area contributed by atoms with Crippen molar-refractivity contribution in [3.63, 3.8) is 0 Å². The summed E-state index contributed by atoms with van der Waals surface area (Å²) in [4.78, 5) is 36.6. The van der Waals surface area contributed by atoms with Gasteiger partial charge in [-0.1, -0.05) is 42.5 Å².